The Morgan fingerprint density at radius 2 is 1.95 bits per heavy atom. The molecule has 2 aliphatic rings. The quantitative estimate of drug-likeness (QED) is 0.845. The molecule has 1 aliphatic carbocycles. The summed E-state index contributed by atoms with van der Waals surface area (Å²) in [6, 6.07) is 2.58. The van der Waals surface area contributed by atoms with Crippen molar-refractivity contribution in [3.05, 3.63) is 21.4 Å². The van der Waals surface area contributed by atoms with Crippen molar-refractivity contribution in [1.82, 2.24) is 10.2 Å². The van der Waals surface area contributed by atoms with Crippen molar-refractivity contribution in [2.24, 2.45) is 0 Å². The zero-order valence-electron chi connectivity index (χ0n) is 12.7. The highest BCUT2D eigenvalue weighted by Gasteiger charge is 2.25. The molecule has 0 saturated carbocycles. The average Bonchev–Trinajstić information content (AvgIpc) is 2.77. The van der Waals surface area contributed by atoms with Crippen molar-refractivity contribution in [1.29, 1.82) is 0 Å². The fraction of sp³-hybridized carbons (Fsp3) is 0.688. The highest BCUT2D eigenvalue weighted by molar-refractivity contribution is 7.14. The number of nitrogens with one attached hydrogen (secondary N) is 1. The molecule has 3 nitrogen and oxygen atoms in total. The van der Waals surface area contributed by atoms with Gasteiger partial charge in [-0.1, -0.05) is 6.42 Å². The lowest BCUT2D eigenvalue weighted by Gasteiger charge is -2.31. The van der Waals surface area contributed by atoms with Crippen LogP contribution in [0.4, 0.5) is 0 Å². The second kappa shape index (κ2) is 7.61. The average molecular weight is 329 g/mol. The smallest absolute Gasteiger partial charge is 0.263 e. The van der Waals surface area contributed by atoms with Crippen LogP contribution in [0.3, 0.4) is 0 Å². The van der Waals surface area contributed by atoms with Crippen LogP contribution in [0.25, 0.3) is 0 Å². The van der Waals surface area contributed by atoms with Crippen molar-refractivity contribution in [2.75, 3.05) is 20.1 Å². The first-order valence-corrected chi connectivity index (χ1v) is 8.67. The Balaban J connectivity index is 0.00000161. The van der Waals surface area contributed by atoms with Gasteiger partial charge in [-0.2, -0.15) is 0 Å². The van der Waals surface area contributed by atoms with Crippen LogP contribution in [-0.2, 0) is 12.8 Å². The van der Waals surface area contributed by atoms with Crippen LogP contribution in [0.2, 0.25) is 0 Å². The van der Waals surface area contributed by atoms with E-state index in [1.165, 1.54) is 36.1 Å². The van der Waals surface area contributed by atoms with Gasteiger partial charge in [-0.05, 0) is 63.2 Å². The minimum atomic E-state index is 0. The van der Waals surface area contributed by atoms with Gasteiger partial charge in [-0.3, -0.25) is 4.79 Å². The summed E-state index contributed by atoms with van der Waals surface area (Å²) in [5.74, 6) is 0.231. The number of carbonyl (C=O) groups is 1. The number of hydrogen-bond donors (Lipinski definition) is 1. The molecule has 5 heteroatoms. The molecular weight excluding hydrogens is 304 g/mol. The van der Waals surface area contributed by atoms with Gasteiger partial charge in [0.05, 0.1) is 4.88 Å². The van der Waals surface area contributed by atoms with Gasteiger partial charge in [0.2, 0.25) is 0 Å². The number of halogens is 1. The molecule has 1 amide bonds. The first-order chi connectivity index (χ1) is 9.75. The van der Waals surface area contributed by atoms with Crippen LogP contribution >= 0.6 is 23.7 Å². The zero-order chi connectivity index (χ0) is 13.9. The van der Waals surface area contributed by atoms with E-state index in [2.05, 4.69) is 11.4 Å². The standard InChI is InChI=1S/C16H24N2OS.ClH/c1-18(13-7-9-17-10-8-13)16(19)15-11-12-5-3-2-4-6-14(12)20-15;/h11,13,17H,2-10H2,1H3;1H. The summed E-state index contributed by atoms with van der Waals surface area (Å²) in [6.45, 7) is 2.06. The number of amides is 1. The number of thiophene rings is 1. The van der Waals surface area contributed by atoms with Crippen LogP contribution in [0.5, 0.6) is 0 Å². The maximum absolute atomic E-state index is 12.7. The molecule has 0 atom stereocenters. The third kappa shape index (κ3) is 3.79. The number of fused-ring (bicyclic) bond motifs is 1. The zero-order valence-corrected chi connectivity index (χ0v) is 14.3. The Hall–Kier alpha value is -0.580. The van der Waals surface area contributed by atoms with Crippen molar-refractivity contribution in [2.45, 2.75) is 51.0 Å². The number of piperidine rings is 1. The van der Waals surface area contributed by atoms with Crippen LogP contribution in [-0.4, -0.2) is 37.0 Å². The molecule has 0 unspecified atom stereocenters. The van der Waals surface area contributed by atoms with E-state index >= 15 is 0 Å². The summed E-state index contributed by atoms with van der Waals surface area (Å²) in [5, 5.41) is 3.36. The summed E-state index contributed by atoms with van der Waals surface area (Å²) in [5.41, 5.74) is 1.44. The molecule has 0 aromatic carbocycles. The monoisotopic (exact) mass is 328 g/mol. The molecule has 0 radical (unpaired) electrons. The lowest BCUT2D eigenvalue weighted by atomic mass is 10.1. The summed E-state index contributed by atoms with van der Waals surface area (Å²) in [4.78, 5) is 17.1. The van der Waals surface area contributed by atoms with Gasteiger partial charge in [0, 0.05) is 18.0 Å². The van der Waals surface area contributed by atoms with Crippen molar-refractivity contribution >= 4 is 29.7 Å². The van der Waals surface area contributed by atoms with Crippen LogP contribution in [0.1, 0.15) is 52.2 Å². The molecule has 1 N–H and O–H groups in total. The summed E-state index contributed by atoms with van der Waals surface area (Å²) in [6.07, 6.45) is 8.38. The van der Waals surface area contributed by atoms with E-state index in [0.29, 0.717) is 6.04 Å². The SMILES string of the molecule is CN(C(=O)c1cc2c(s1)CCCCC2)C1CCNCC1.Cl. The van der Waals surface area contributed by atoms with E-state index in [0.717, 1.165) is 37.2 Å². The summed E-state index contributed by atoms with van der Waals surface area (Å²) in [7, 11) is 1.98. The number of hydrogen-bond acceptors (Lipinski definition) is 3. The molecule has 21 heavy (non-hydrogen) atoms. The Labute approximate surface area is 137 Å². The molecule has 1 saturated heterocycles. The second-order valence-electron chi connectivity index (χ2n) is 6.02. The molecule has 1 fully saturated rings. The number of aryl methyl sites for hydroxylation is 2. The maximum atomic E-state index is 12.7. The first kappa shape index (κ1) is 16.8. The molecule has 0 bridgehead atoms. The number of nitrogens with zero attached hydrogens (tertiary/aromatic N) is 1. The second-order valence-corrected chi connectivity index (χ2v) is 7.15. The maximum Gasteiger partial charge on any atom is 0.263 e. The molecule has 1 aromatic heterocycles. The molecule has 2 heterocycles. The fourth-order valence-corrected chi connectivity index (χ4v) is 4.54. The van der Waals surface area contributed by atoms with E-state index in [-0.39, 0.29) is 18.3 Å². The largest absolute Gasteiger partial charge is 0.338 e. The molecule has 3 rings (SSSR count). The predicted octanol–water partition coefficient (Wildman–Crippen LogP) is 3.26. The van der Waals surface area contributed by atoms with Crippen LogP contribution in [0.15, 0.2) is 6.07 Å². The van der Waals surface area contributed by atoms with Crippen LogP contribution < -0.4 is 5.32 Å². The first-order valence-electron chi connectivity index (χ1n) is 7.85. The van der Waals surface area contributed by atoms with Crippen molar-refractivity contribution in [3.63, 3.8) is 0 Å². The topological polar surface area (TPSA) is 32.3 Å². The van der Waals surface area contributed by atoms with Gasteiger partial charge in [-0.15, -0.1) is 23.7 Å². The fourth-order valence-electron chi connectivity index (χ4n) is 3.31. The van der Waals surface area contributed by atoms with Gasteiger partial charge in [-0.25, -0.2) is 0 Å². The van der Waals surface area contributed by atoms with Crippen molar-refractivity contribution in [3.8, 4) is 0 Å². The molecule has 0 spiro atoms. The van der Waals surface area contributed by atoms with Gasteiger partial charge >= 0.3 is 0 Å². The predicted molar refractivity (Wildman–Crippen MR) is 90.8 cm³/mol. The molecular formula is C16H25ClN2OS. The lowest BCUT2D eigenvalue weighted by molar-refractivity contribution is 0.0708. The van der Waals surface area contributed by atoms with E-state index in [1.54, 1.807) is 11.3 Å². The summed E-state index contributed by atoms with van der Waals surface area (Å²) >= 11 is 1.74. The summed E-state index contributed by atoms with van der Waals surface area (Å²) < 4.78 is 0. The number of rotatable bonds is 2. The van der Waals surface area contributed by atoms with Gasteiger partial charge in [0.25, 0.3) is 5.91 Å². The minimum Gasteiger partial charge on any atom is -0.338 e. The normalized spacial score (nSPS) is 19.3. The highest BCUT2D eigenvalue weighted by Crippen LogP contribution is 2.30. The van der Waals surface area contributed by atoms with Gasteiger partial charge < -0.3 is 10.2 Å². The highest BCUT2D eigenvalue weighted by atomic mass is 35.5. The third-order valence-corrected chi connectivity index (χ3v) is 5.86. The Morgan fingerprint density at radius 3 is 2.71 bits per heavy atom. The Bertz CT molecular complexity index is 459. The van der Waals surface area contributed by atoms with Gasteiger partial charge in [0.15, 0.2) is 0 Å². The van der Waals surface area contributed by atoms with E-state index in [1.807, 2.05) is 11.9 Å². The third-order valence-electron chi connectivity index (χ3n) is 4.63. The number of carbonyl (C=O) groups excluding carboxylic acids is 1. The minimum absolute atomic E-state index is 0. The van der Waals surface area contributed by atoms with E-state index in [9.17, 15) is 4.79 Å². The van der Waals surface area contributed by atoms with E-state index in [4.69, 9.17) is 0 Å². The molecule has 118 valence electrons. The van der Waals surface area contributed by atoms with Gasteiger partial charge in [0.1, 0.15) is 0 Å². The Morgan fingerprint density at radius 1 is 1.24 bits per heavy atom. The Kier molecular flexibility index (Phi) is 6.08. The molecule has 1 aliphatic heterocycles. The van der Waals surface area contributed by atoms with Crippen LogP contribution in [0, 0.1) is 0 Å². The lowest BCUT2D eigenvalue weighted by Crippen LogP contribution is -2.43. The van der Waals surface area contributed by atoms with Crippen molar-refractivity contribution < 1.29 is 4.79 Å². The van der Waals surface area contributed by atoms with E-state index < -0.39 is 0 Å². The molecule has 1 aromatic rings.